The number of nitrogens with one attached hydrogen (secondary N) is 1. The number of rotatable bonds is 9. The molecule has 30 heavy (non-hydrogen) atoms. The van der Waals surface area contributed by atoms with Crippen molar-refractivity contribution in [2.45, 2.75) is 25.7 Å². The Morgan fingerprint density at radius 1 is 0.933 bits per heavy atom. The van der Waals surface area contributed by atoms with E-state index in [-0.39, 0.29) is 5.91 Å². The topological polar surface area (TPSA) is 47.1 Å². The van der Waals surface area contributed by atoms with Crippen LogP contribution in [0.3, 0.4) is 0 Å². The number of quaternary nitrogens is 1. The first kappa shape index (κ1) is 20.5. The number of benzene rings is 2. The van der Waals surface area contributed by atoms with Crippen LogP contribution in [0.5, 0.6) is 5.75 Å². The molecule has 2 aromatic carbocycles. The van der Waals surface area contributed by atoms with E-state index in [1.54, 1.807) is 23.3 Å². The van der Waals surface area contributed by atoms with Gasteiger partial charge in [-0.05, 0) is 49.3 Å². The summed E-state index contributed by atoms with van der Waals surface area (Å²) in [6, 6.07) is 18.1. The predicted octanol–water partition coefficient (Wildman–Crippen LogP) is 3.41. The van der Waals surface area contributed by atoms with Crippen LogP contribution in [0, 0.1) is 0 Å². The van der Waals surface area contributed by atoms with Crippen LogP contribution in [0.15, 0.2) is 65.3 Å². The molecule has 1 saturated heterocycles. The number of hydrogen-bond donors (Lipinski definition) is 1. The maximum absolute atomic E-state index is 12.3. The van der Waals surface area contributed by atoms with E-state index >= 15 is 0 Å². The standard InChI is InChI=1S/C25H30N2O3/c28-25(24-13-8-20-30-24)27-17-15-26(16-18-27)14-5-1-2-6-19-29-23-12-7-10-21-9-3-4-11-22(21)23/h3-4,7-13,20H,1-2,5-6,14-19H2/p+1. The molecule has 1 aliphatic rings. The largest absolute Gasteiger partial charge is 0.493 e. The molecule has 0 bridgehead atoms. The molecule has 0 radical (unpaired) electrons. The van der Waals surface area contributed by atoms with Gasteiger partial charge in [-0.2, -0.15) is 0 Å². The first-order valence-corrected chi connectivity index (χ1v) is 11.1. The highest BCUT2D eigenvalue weighted by atomic mass is 16.5. The smallest absolute Gasteiger partial charge is 0.289 e. The zero-order valence-electron chi connectivity index (χ0n) is 17.5. The molecule has 1 N–H and O–H groups in total. The number of carbonyl (C=O) groups is 1. The Hall–Kier alpha value is -2.79. The lowest BCUT2D eigenvalue weighted by atomic mass is 10.1. The fourth-order valence-corrected chi connectivity index (χ4v) is 4.17. The second-order valence-electron chi connectivity index (χ2n) is 8.01. The van der Waals surface area contributed by atoms with Crippen molar-refractivity contribution in [1.29, 1.82) is 0 Å². The van der Waals surface area contributed by atoms with E-state index < -0.39 is 0 Å². The normalized spacial score (nSPS) is 14.9. The van der Waals surface area contributed by atoms with E-state index in [0.29, 0.717) is 5.76 Å². The van der Waals surface area contributed by atoms with E-state index in [4.69, 9.17) is 9.15 Å². The van der Waals surface area contributed by atoms with E-state index in [0.717, 1.165) is 45.0 Å². The lowest BCUT2D eigenvalue weighted by Crippen LogP contribution is -3.14. The lowest BCUT2D eigenvalue weighted by Gasteiger charge is -2.31. The third-order valence-electron chi connectivity index (χ3n) is 5.92. The fraction of sp³-hybridized carbons (Fsp3) is 0.400. The van der Waals surface area contributed by atoms with Crippen LogP contribution >= 0.6 is 0 Å². The van der Waals surface area contributed by atoms with E-state index in [1.807, 2.05) is 4.90 Å². The molecule has 1 amide bonds. The van der Waals surface area contributed by atoms with Crippen LogP contribution in [0.4, 0.5) is 0 Å². The molecule has 0 aliphatic carbocycles. The van der Waals surface area contributed by atoms with Crippen molar-refractivity contribution >= 4 is 16.7 Å². The Balaban J connectivity index is 1.08. The number of unbranched alkanes of at least 4 members (excludes halogenated alkanes) is 3. The van der Waals surface area contributed by atoms with Gasteiger partial charge in [-0.15, -0.1) is 0 Å². The van der Waals surface area contributed by atoms with Gasteiger partial charge in [0.25, 0.3) is 5.91 Å². The van der Waals surface area contributed by atoms with Crippen LogP contribution in [0.25, 0.3) is 10.8 Å². The number of furan rings is 1. The number of fused-ring (bicyclic) bond motifs is 1. The summed E-state index contributed by atoms with van der Waals surface area (Å²) in [5, 5.41) is 2.41. The molecule has 1 aromatic heterocycles. The van der Waals surface area contributed by atoms with Crippen LogP contribution < -0.4 is 9.64 Å². The Kier molecular flexibility index (Phi) is 7.03. The molecule has 5 heteroatoms. The molecule has 2 heterocycles. The minimum Gasteiger partial charge on any atom is -0.493 e. The second kappa shape index (κ2) is 10.3. The number of nitrogens with zero attached hydrogens (tertiary/aromatic N) is 1. The van der Waals surface area contributed by atoms with Crippen molar-refractivity contribution in [2.24, 2.45) is 0 Å². The number of carbonyl (C=O) groups excluding carboxylic acids is 1. The van der Waals surface area contributed by atoms with Gasteiger partial charge >= 0.3 is 0 Å². The van der Waals surface area contributed by atoms with Crippen LogP contribution in [0.1, 0.15) is 36.2 Å². The van der Waals surface area contributed by atoms with Crippen molar-refractivity contribution in [3.8, 4) is 5.75 Å². The Bertz CT molecular complexity index is 925. The quantitative estimate of drug-likeness (QED) is 0.553. The molecule has 4 rings (SSSR count). The molecule has 0 atom stereocenters. The molecular weight excluding hydrogens is 376 g/mol. The molecule has 0 unspecified atom stereocenters. The van der Waals surface area contributed by atoms with E-state index in [9.17, 15) is 4.79 Å². The van der Waals surface area contributed by atoms with Gasteiger partial charge in [0.05, 0.1) is 45.6 Å². The molecule has 5 nitrogen and oxygen atoms in total. The minimum absolute atomic E-state index is 0.0187. The predicted molar refractivity (Wildman–Crippen MR) is 118 cm³/mol. The van der Waals surface area contributed by atoms with Crippen molar-refractivity contribution in [3.05, 3.63) is 66.6 Å². The number of ether oxygens (including phenoxy) is 1. The number of amides is 1. The Morgan fingerprint density at radius 2 is 1.73 bits per heavy atom. The molecule has 1 aliphatic heterocycles. The average molecular weight is 408 g/mol. The fourth-order valence-electron chi connectivity index (χ4n) is 4.17. The zero-order valence-corrected chi connectivity index (χ0v) is 17.5. The summed E-state index contributed by atoms with van der Waals surface area (Å²) in [4.78, 5) is 15.8. The second-order valence-corrected chi connectivity index (χ2v) is 8.01. The number of piperazine rings is 1. The summed E-state index contributed by atoms with van der Waals surface area (Å²) in [6.07, 6.45) is 6.31. The SMILES string of the molecule is O=C(c1ccco1)N1CC[NH+](CCCCCCOc2cccc3ccccc23)CC1. The van der Waals surface area contributed by atoms with Crippen LogP contribution in [0.2, 0.25) is 0 Å². The highest BCUT2D eigenvalue weighted by molar-refractivity contribution is 5.91. The highest BCUT2D eigenvalue weighted by Crippen LogP contribution is 2.25. The van der Waals surface area contributed by atoms with Gasteiger partial charge in [-0.1, -0.05) is 36.4 Å². The van der Waals surface area contributed by atoms with Gasteiger partial charge in [-0.25, -0.2) is 0 Å². The molecule has 3 aromatic rings. The number of hydrogen-bond acceptors (Lipinski definition) is 3. The zero-order chi connectivity index (χ0) is 20.6. The Morgan fingerprint density at radius 3 is 2.57 bits per heavy atom. The molecular formula is C25H31N2O3+. The minimum atomic E-state index is 0.0187. The van der Waals surface area contributed by atoms with Crippen molar-refractivity contribution in [1.82, 2.24) is 4.90 Å². The maximum atomic E-state index is 12.3. The maximum Gasteiger partial charge on any atom is 0.289 e. The van der Waals surface area contributed by atoms with Gasteiger partial charge in [0, 0.05) is 5.39 Å². The van der Waals surface area contributed by atoms with Crippen molar-refractivity contribution in [3.63, 3.8) is 0 Å². The van der Waals surface area contributed by atoms with Gasteiger partial charge in [-0.3, -0.25) is 4.79 Å². The summed E-state index contributed by atoms with van der Waals surface area (Å²) >= 11 is 0. The first-order chi connectivity index (χ1) is 14.8. The summed E-state index contributed by atoms with van der Waals surface area (Å²) < 4.78 is 11.3. The Labute approximate surface area is 178 Å². The third kappa shape index (κ3) is 5.22. The van der Waals surface area contributed by atoms with Gasteiger partial charge in [0.15, 0.2) is 5.76 Å². The van der Waals surface area contributed by atoms with Gasteiger partial charge in [0.2, 0.25) is 0 Å². The van der Waals surface area contributed by atoms with Crippen molar-refractivity contribution in [2.75, 3.05) is 39.3 Å². The molecule has 1 fully saturated rings. The van der Waals surface area contributed by atoms with Gasteiger partial charge in [0.1, 0.15) is 5.75 Å². The molecule has 0 saturated carbocycles. The first-order valence-electron chi connectivity index (χ1n) is 11.1. The molecule has 0 spiro atoms. The van der Waals surface area contributed by atoms with Crippen LogP contribution in [-0.2, 0) is 0 Å². The monoisotopic (exact) mass is 407 g/mol. The molecule has 158 valence electrons. The van der Waals surface area contributed by atoms with Crippen LogP contribution in [-0.4, -0.2) is 50.1 Å². The summed E-state index contributed by atoms with van der Waals surface area (Å²) in [6.45, 7) is 5.64. The summed E-state index contributed by atoms with van der Waals surface area (Å²) in [7, 11) is 0. The average Bonchev–Trinajstić information content (AvgIpc) is 3.33. The lowest BCUT2D eigenvalue weighted by molar-refractivity contribution is -0.904. The van der Waals surface area contributed by atoms with Gasteiger partial charge < -0.3 is 19.0 Å². The highest BCUT2D eigenvalue weighted by Gasteiger charge is 2.25. The summed E-state index contributed by atoms with van der Waals surface area (Å²) in [5.41, 5.74) is 0. The van der Waals surface area contributed by atoms with E-state index in [2.05, 4.69) is 42.5 Å². The third-order valence-corrected chi connectivity index (χ3v) is 5.92. The van der Waals surface area contributed by atoms with Crippen molar-refractivity contribution < 1.29 is 18.8 Å². The van der Waals surface area contributed by atoms with E-state index in [1.165, 1.54) is 36.6 Å². The summed E-state index contributed by atoms with van der Waals surface area (Å²) in [5.74, 6) is 1.45.